The molecule has 4 heterocycles. The molecule has 4 unspecified atom stereocenters. The summed E-state index contributed by atoms with van der Waals surface area (Å²) in [5.74, 6) is -0.179. The van der Waals surface area contributed by atoms with Gasteiger partial charge in [0.15, 0.2) is 0 Å². The standard InChI is InChI=1S/C21H24N2O3/c1-25-18(24)13-12-20-8-11-26-16(20)6-9-23-10-7-21(19(20)23)14-4-2-3-5-15(14)22-17(13)21/h2-5,16,19,22H,6-12H2,1H3. The summed E-state index contributed by atoms with van der Waals surface area (Å²) in [6.45, 7) is 3.00. The minimum absolute atomic E-state index is 0.0287. The maximum atomic E-state index is 12.8. The van der Waals surface area contributed by atoms with Gasteiger partial charge < -0.3 is 14.8 Å². The predicted molar refractivity (Wildman–Crippen MR) is 96.8 cm³/mol. The summed E-state index contributed by atoms with van der Waals surface area (Å²) in [6.07, 6.45) is 4.20. The molecule has 0 bridgehead atoms. The number of ether oxygens (including phenoxy) is 2. The fraction of sp³-hybridized carbons (Fsp3) is 0.571. The minimum atomic E-state index is -0.179. The molecule has 4 aliphatic heterocycles. The topological polar surface area (TPSA) is 50.8 Å². The van der Waals surface area contributed by atoms with E-state index >= 15 is 0 Å². The van der Waals surface area contributed by atoms with E-state index in [2.05, 4.69) is 34.5 Å². The first kappa shape index (κ1) is 15.2. The molecule has 5 heteroatoms. The number of piperidine rings is 1. The van der Waals surface area contributed by atoms with Crippen molar-refractivity contribution in [2.24, 2.45) is 5.41 Å². The lowest BCUT2D eigenvalue weighted by molar-refractivity contribution is -0.138. The number of benzene rings is 1. The molecule has 0 radical (unpaired) electrons. The smallest absolute Gasteiger partial charge is 0.335 e. The molecule has 3 fully saturated rings. The van der Waals surface area contributed by atoms with Crippen LogP contribution in [-0.4, -0.2) is 49.8 Å². The average molecular weight is 352 g/mol. The van der Waals surface area contributed by atoms with Gasteiger partial charge in [-0.05, 0) is 43.9 Å². The van der Waals surface area contributed by atoms with E-state index in [4.69, 9.17) is 9.47 Å². The number of anilines is 1. The maximum absolute atomic E-state index is 12.8. The van der Waals surface area contributed by atoms with Crippen LogP contribution in [0.25, 0.3) is 0 Å². The van der Waals surface area contributed by atoms with Crippen LogP contribution in [0.15, 0.2) is 35.5 Å². The van der Waals surface area contributed by atoms with Crippen molar-refractivity contribution in [1.82, 2.24) is 4.90 Å². The Kier molecular flexibility index (Phi) is 2.87. The van der Waals surface area contributed by atoms with Crippen molar-refractivity contribution in [1.29, 1.82) is 0 Å². The number of nitrogens with zero attached hydrogens (tertiary/aromatic N) is 1. The van der Waals surface area contributed by atoms with E-state index in [9.17, 15) is 4.79 Å². The number of para-hydroxylation sites is 1. The molecule has 2 spiro atoms. The molecule has 0 aromatic heterocycles. The highest BCUT2D eigenvalue weighted by Gasteiger charge is 2.70. The Labute approximate surface area is 153 Å². The monoisotopic (exact) mass is 352 g/mol. The predicted octanol–water partition coefficient (Wildman–Crippen LogP) is 2.43. The van der Waals surface area contributed by atoms with Crippen molar-refractivity contribution in [3.8, 4) is 0 Å². The SMILES string of the molecule is COC(=O)C1=C2Nc3ccccc3C23CCN2CCC4OCCC4(C1)C23. The number of fused-ring (bicyclic) bond motifs is 1. The van der Waals surface area contributed by atoms with Crippen molar-refractivity contribution < 1.29 is 14.3 Å². The summed E-state index contributed by atoms with van der Waals surface area (Å²) in [5, 5.41) is 3.64. The molecule has 1 aromatic carbocycles. The molecule has 1 aromatic rings. The molecule has 5 nitrogen and oxygen atoms in total. The Bertz CT molecular complexity index is 849. The van der Waals surface area contributed by atoms with Crippen molar-refractivity contribution >= 4 is 11.7 Å². The molecule has 0 saturated carbocycles. The van der Waals surface area contributed by atoms with E-state index in [1.165, 1.54) is 12.7 Å². The van der Waals surface area contributed by atoms with Crippen LogP contribution in [0, 0.1) is 5.41 Å². The number of carbonyl (C=O) groups excluding carboxylic acids is 1. The Balaban J connectivity index is 1.66. The lowest BCUT2D eigenvalue weighted by Gasteiger charge is -2.56. The third kappa shape index (κ3) is 1.54. The van der Waals surface area contributed by atoms with Gasteiger partial charge >= 0.3 is 5.97 Å². The van der Waals surface area contributed by atoms with Crippen LogP contribution in [0.4, 0.5) is 5.69 Å². The normalized spacial score (nSPS) is 39.7. The second kappa shape index (κ2) is 4.90. The summed E-state index contributed by atoms with van der Waals surface area (Å²) < 4.78 is 11.4. The molecule has 3 saturated heterocycles. The first-order chi connectivity index (χ1) is 12.7. The van der Waals surface area contributed by atoms with Gasteiger partial charge in [-0.25, -0.2) is 4.79 Å². The largest absolute Gasteiger partial charge is 0.466 e. The van der Waals surface area contributed by atoms with Crippen molar-refractivity contribution in [3.63, 3.8) is 0 Å². The van der Waals surface area contributed by atoms with Gasteiger partial charge in [0.2, 0.25) is 0 Å². The van der Waals surface area contributed by atoms with Gasteiger partial charge in [-0.15, -0.1) is 0 Å². The van der Waals surface area contributed by atoms with Crippen molar-refractivity contribution in [2.45, 2.75) is 43.2 Å². The Hall–Kier alpha value is -1.85. The number of esters is 1. The maximum Gasteiger partial charge on any atom is 0.335 e. The van der Waals surface area contributed by atoms with Gasteiger partial charge in [0, 0.05) is 36.0 Å². The van der Waals surface area contributed by atoms with E-state index < -0.39 is 0 Å². The van der Waals surface area contributed by atoms with E-state index in [1.54, 1.807) is 0 Å². The quantitative estimate of drug-likeness (QED) is 0.787. The zero-order chi connectivity index (χ0) is 17.5. The Morgan fingerprint density at radius 1 is 1.31 bits per heavy atom. The van der Waals surface area contributed by atoms with Crippen LogP contribution < -0.4 is 5.32 Å². The first-order valence-electron chi connectivity index (χ1n) is 9.75. The number of hydrogen-bond acceptors (Lipinski definition) is 5. The number of carbonyl (C=O) groups is 1. The molecule has 1 aliphatic carbocycles. The van der Waals surface area contributed by atoms with Gasteiger partial charge in [0.05, 0.1) is 24.2 Å². The van der Waals surface area contributed by atoms with Gasteiger partial charge in [-0.3, -0.25) is 4.90 Å². The average Bonchev–Trinajstić information content (AvgIpc) is 3.35. The summed E-state index contributed by atoms with van der Waals surface area (Å²) in [7, 11) is 1.50. The van der Waals surface area contributed by atoms with Gasteiger partial charge in [0.1, 0.15) is 0 Å². The third-order valence-corrected chi connectivity index (χ3v) is 7.73. The second-order valence-corrected chi connectivity index (χ2v) is 8.48. The number of methoxy groups -OCH3 is 1. The molecule has 0 amide bonds. The highest BCUT2D eigenvalue weighted by atomic mass is 16.5. The number of hydrogen-bond donors (Lipinski definition) is 1. The van der Waals surface area contributed by atoms with Crippen LogP contribution in [0.5, 0.6) is 0 Å². The van der Waals surface area contributed by atoms with Crippen molar-refractivity contribution in [2.75, 3.05) is 32.1 Å². The van der Waals surface area contributed by atoms with Gasteiger partial charge in [0.25, 0.3) is 0 Å². The number of rotatable bonds is 1. The molecular formula is C21H24N2O3. The van der Waals surface area contributed by atoms with Crippen LogP contribution in [-0.2, 0) is 19.7 Å². The molecule has 136 valence electrons. The fourth-order valence-electron chi connectivity index (χ4n) is 6.94. The molecule has 1 N–H and O–H groups in total. The van der Waals surface area contributed by atoms with Crippen LogP contribution in [0.2, 0.25) is 0 Å². The molecule has 6 rings (SSSR count). The molecule has 26 heavy (non-hydrogen) atoms. The van der Waals surface area contributed by atoms with E-state index in [1.807, 2.05) is 0 Å². The summed E-state index contributed by atoms with van der Waals surface area (Å²) in [4.78, 5) is 15.5. The lowest BCUT2D eigenvalue weighted by Crippen LogP contribution is -2.63. The van der Waals surface area contributed by atoms with E-state index in [-0.39, 0.29) is 22.9 Å². The highest BCUT2D eigenvalue weighted by Crippen LogP contribution is 2.66. The fourth-order valence-corrected chi connectivity index (χ4v) is 6.94. The molecule has 5 aliphatic rings. The zero-order valence-corrected chi connectivity index (χ0v) is 15.1. The summed E-state index contributed by atoms with van der Waals surface area (Å²) in [6, 6.07) is 9.02. The highest BCUT2D eigenvalue weighted by molar-refractivity contribution is 5.93. The summed E-state index contributed by atoms with van der Waals surface area (Å²) in [5.41, 5.74) is 4.38. The first-order valence-corrected chi connectivity index (χ1v) is 9.75. The van der Waals surface area contributed by atoms with E-state index in [0.717, 1.165) is 62.3 Å². The third-order valence-electron chi connectivity index (χ3n) is 7.73. The zero-order valence-electron chi connectivity index (χ0n) is 15.1. The van der Waals surface area contributed by atoms with Crippen LogP contribution in [0.3, 0.4) is 0 Å². The Morgan fingerprint density at radius 2 is 2.19 bits per heavy atom. The lowest BCUT2D eigenvalue weighted by atomic mass is 9.53. The van der Waals surface area contributed by atoms with Crippen LogP contribution >= 0.6 is 0 Å². The second-order valence-electron chi connectivity index (χ2n) is 8.48. The van der Waals surface area contributed by atoms with Gasteiger partial charge in [-0.2, -0.15) is 0 Å². The van der Waals surface area contributed by atoms with Gasteiger partial charge in [-0.1, -0.05) is 18.2 Å². The molecular weight excluding hydrogens is 328 g/mol. The number of nitrogens with one attached hydrogen (secondary N) is 1. The minimum Gasteiger partial charge on any atom is -0.466 e. The summed E-state index contributed by atoms with van der Waals surface area (Å²) >= 11 is 0. The van der Waals surface area contributed by atoms with E-state index in [0.29, 0.717) is 6.04 Å². The van der Waals surface area contributed by atoms with Crippen molar-refractivity contribution in [3.05, 3.63) is 41.1 Å². The molecule has 4 atom stereocenters. The van der Waals surface area contributed by atoms with Crippen LogP contribution in [0.1, 0.15) is 31.2 Å². The Morgan fingerprint density at radius 3 is 3.08 bits per heavy atom.